The Labute approximate surface area is 110 Å². The lowest BCUT2D eigenvalue weighted by molar-refractivity contribution is -0.274. The van der Waals surface area contributed by atoms with E-state index in [9.17, 15) is 26.3 Å². The Bertz CT molecular complexity index is 414. The first-order chi connectivity index (χ1) is 9.08. The number of anilines is 1. The summed E-state index contributed by atoms with van der Waals surface area (Å²) in [5.41, 5.74) is 0.314. The minimum atomic E-state index is -4.80. The summed E-state index contributed by atoms with van der Waals surface area (Å²) in [5.74, 6) is -0.432. The van der Waals surface area contributed by atoms with Gasteiger partial charge in [-0.3, -0.25) is 0 Å². The van der Waals surface area contributed by atoms with Crippen LogP contribution in [0.1, 0.15) is 6.42 Å². The van der Waals surface area contributed by atoms with Gasteiger partial charge in [-0.15, -0.1) is 13.2 Å². The van der Waals surface area contributed by atoms with Crippen LogP contribution in [0.3, 0.4) is 0 Å². The molecule has 20 heavy (non-hydrogen) atoms. The summed E-state index contributed by atoms with van der Waals surface area (Å²) in [6, 6.07) is 4.49. The number of alkyl halides is 6. The maximum absolute atomic E-state index is 12.0. The summed E-state index contributed by atoms with van der Waals surface area (Å²) in [7, 11) is 0. The summed E-state index contributed by atoms with van der Waals surface area (Å²) in [6.45, 7) is -0.180. The van der Waals surface area contributed by atoms with Crippen molar-refractivity contribution in [2.45, 2.75) is 25.1 Å². The van der Waals surface area contributed by atoms with E-state index in [0.717, 1.165) is 12.1 Å². The van der Waals surface area contributed by atoms with Gasteiger partial charge in [-0.2, -0.15) is 13.2 Å². The van der Waals surface area contributed by atoms with E-state index >= 15 is 0 Å². The van der Waals surface area contributed by atoms with Crippen molar-refractivity contribution in [3.05, 3.63) is 24.3 Å². The average molecular weight is 303 g/mol. The van der Waals surface area contributed by atoms with Gasteiger partial charge < -0.3 is 15.2 Å². The van der Waals surface area contributed by atoms with Gasteiger partial charge in [-0.1, -0.05) is 0 Å². The van der Waals surface area contributed by atoms with Gasteiger partial charge >= 0.3 is 12.5 Å². The number of hydrogen-bond donors (Lipinski definition) is 2. The first-order valence-corrected chi connectivity index (χ1v) is 5.42. The number of benzene rings is 1. The number of ether oxygens (including phenoxy) is 1. The SMILES string of the molecule is OC(CCNc1ccc(OC(F)(F)F)cc1)C(F)(F)F. The van der Waals surface area contributed by atoms with Crippen molar-refractivity contribution >= 4 is 5.69 Å². The Morgan fingerprint density at radius 1 is 1.05 bits per heavy atom. The topological polar surface area (TPSA) is 41.5 Å². The van der Waals surface area contributed by atoms with E-state index in [2.05, 4.69) is 10.1 Å². The second-order valence-electron chi connectivity index (χ2n) is 3.85. The lowest BCUT2D eigenvalue weighted by Gasteiger charge is -2.15. The van der Waals surface area contributed by atoms with E-state index in [4.69, 9.17) is 5.11 Å². The maximum Gasteiger partial charge on any atom is 0.573 e. The summed E-state index contributed by atoms with van der Waals surface area (Å²) in [4.78, 5) is 0. The van der Waals surface area contributed by atoms with E-state index in [0.29, 0.717) is 5.69 Å². The van der Waals surface area contributed by atoms with Crippen molar-refractivity contribution in [1.82, 2.24) is 0 Å². The Kier molecular flexibility index (Phi) is 5.09. The normalized spacial score (nSPS) is 13.9. The highest BCUT2D eigenvalue weighted by molar-refractivity contribution is 5.46. The third-order valence-corrected chi connectivity index (χ3v) is 2.21. The molecule has 1 atom stereocenters. The summed E-state index contributed by atoms with van der Waals surface area (Å²) in [6.07, 6.45) is -12.5. The molecule has 1 aromatic rings. The van der Waals surface area contributed by atoms with Crippen molar-refractivity contribution in [3.63, 3.8) is 0 Å². The van der Waals surface area contributed by atoms with Crippen LogP contribution in [0, 0.1) is 0 Å². The van der Waals surface area contributed by atoms with Crippen molar-refractivity contribution < 1.29 is 36.2 Å². The summed E-state index contributed by atoms with van der Waals surface area (Å²) in [5, 5.41) is 11.3. The number of hydrogen-bond acceptors (Lipinski definition) is 3. The molecule has 114 valence electrons. The largest absolute Gasteiger partial charge is 0.573 e. The first kappa shape index (κ1) is 16.4. The van der Waals surface area contributed by atoms with Gasteiger partial charge in [0, 0.05) is 12.2 Å². The van der Waals surface area contributed by atoms with Crippen LogP contribution in [0.25, 0.3) is 0 Å². The lowest BCUT2D eigenvalue weighted by atomic mass is 10.2. The zero-order valence-electron chi connectivity index (χ0n) is 9.92. The van der Waals surface area contributed by atoms with Crippen molar-refractivity contribution in [2.24, 2.45) is 0 Å². The van der Waals surface area contributed by atoms with Gasteiger partial charge in [0.05, 0.1) is 0 Å². The second-order valence-corrected chi connectivity index (χ2v) is 3.85. The highest BCUT2D eigenvalue weighted by Crippen LogP contribution is 2.25. The summed E-state index contributed by atoms with van der Waals surface area (Å²) < 4.78 is 75.2. The van der Waals surface area contributed by atoms with Crippen LogP contribution in [0.4, 0.5) is 32.0 Å². The van der Waals surface area contributed by atoms with Gasteiger partial charge in [-0.25, -0.2) is 0 Å². The molecule has 0 bridgehead atoms. The Morgan fingerprint density at radius 3 is 2.05 bits per heavy atom. The van der Waals surface area contributed by atoms with E-state index in [1.54, 1.807) is 0 Å². The molecule has 0 spiro atoms. The molecule has 0 heterocycles. The Hall–Kier alpha value is -1.64. The fourth-order valence-corrected chi connectivity index (χ4v) is 1.29. The van der Waals surface area contributed by atoms with Crippen LogP contribution in [0.5, 0.6) is 5.75 Å². The fourth-order valence-electron chi connectivity index (χ4n) is 1.29. The molecule has 0 aromatic heterocycles. The molecule has 0 aliphatic carbocycles. The average Bonchev–Trinajstić information content (AvgIpc) is 2.28. The minimum absolute atomic E-state index is 0.180. The molecule has 1 rings (SSSR count). The lowest BCUT2D eigenvalue weighted by Crippen LogP contribution is -2.30. The number of aliphatic hydroxyl groups is 1. The van der Waals surface area contributed by atoms with Crippen molar-refractivity contribution in [1.29, 1.82) is 0 Å². The number of aliphatic hydroxyl groups excluding tert-OH is 1. The molecule has 0 aliphatic heterocycles. The van der Waals surface area contributed by atoms with Crippen molar-refractivity contribution in [2.75, 3.05) is 11.9 Å². The minimum Gasteiger partial charge on any atom is -0.406 e. The molecule has 1 unspecified atom stereocenters. The molecular weight excluding hydrogens is 292 g/mol. The smallest absolute Gasteiger partial charge is 0.406 e. The predicted molar refractivity (Wildman–Crippen MR) is 58.3 cm³/mol. The molecule has 2 N–H and O–H groups in total. The quantitative estimate of drug-likeness (QED) is 0.820. The third kappa shape index (κ3) is 6.00. The fraction of sp³-hybridized carbons (Fsp3) is 0.455. The monoisotopic (exact) mass is 303 g/mol. The molecule has 0 saturated carbocycles. The zero-order valence-corrected chi connectivity index (χ0v) is 9.92. The highest BCUT2D eigenvalue weighted by Gasteiger charge is 2.37. The van der Waals surface area contributed by atoms with Crippen LogP contribution in [-0.4, -0.2) is 30.3 Å². The van der Waals surface area contributed by atoms with E-state index in [-0.39, 0.29) is 6.54 Å². The molecule has 0 radical (unpaired) electrons. The third-order valence-electron chi connectivity index (χ3n) is 2.21. The number of halogens is 6. The molecular formula is C11H11F6NO2. The summed E-state index contributed by atoms with van der Waals surface area (Å²) >= 11 is 0. The molecule has 0 aliphatic rings. The number of rotatable bonds is 5. The van der Waals surface area contributed by atoms with Crippen LogP contribution >= 0.6 is 0 Å². The Morgan fingerprint density at radius 2 is 1.60 bits per heavy atom. The van der Waals surface area contributed by atoms with Gasteiger partial charge in [0.1, 0.15) is 5.75 Å². The zero-order chi connectivity index (χ0) is 15.4. The van der Waals surface area contributed by atoms with Gasteiger partial charge in [0.2, 0.25) is 0 Å². The molecule has 3 nitrogen and oxygen atoms in total. The van der Waals surface area contributed by atoms with Gasteiger partial charge in [-0.05, 0) is 30.7 Å². The van der Waals surface area contributed by atoms with E-state index < -0.39 is 30.8 Å². The first-order valence-electron chi connectivity index (χ1n) is 5.42. The van der Waals surface area contributed by atoms with Crippen LogP contribution in [-0.2, 0) is 0 Å². The van der Waals surface area contributed by atoms with Crippen LogP contribution in [0.2, 0.25) is 0 Å². The van der Waals surface area contributed by atoms with Crippen molar-refractivity contribution in [3.8, 4) is 5.75 Å². The number of nitrogens with one attached hydrogen (secondary N) is 1. The van der Waals surface area contributed by atoms with Crippen LogP contribution in [0.15, 0.2) is 24.3 Å². The molecule has 0 saturated heterocycles. The van der Waals surface area contributed by atoms with Gasteiger partial charge in [0.15, 0.2) is 6.10 Å². The second kappa shape index (κ2) is 6.21. The molecule has 0 amide bonds. The predicted octanol–water partition coefficient (Wildman–Crippen LogP) is 3.31. The Balaban J connectivity index is 2.43. The maximum atomic E-state index is 12.0. The molecule has 1 aromatic carbocycles. The van der Waals surface area contributed by atoms with E-state index in [1.807, 2.05) is 0 Å². The van der Waals surface area contributed by atoms with E-state index in [1.165, 1.54) is 12.1 Å². The standard InChI is InChI=1S/C11H11F6NO2/c12-10(13,14)9(19)5-6-18-7-1-3-8(4-2-7)20-11(15,16)17/h1-4,9,18-19H,5-6H2. The highest BCUT2D eigenvalue weighted by atomic mass is 19.4. The van der Waals surface area contributed by atoms with Gasteiger partial charge in [0.25, 0.3) is 0 Å². The molecule has 0 fully saturated rings. The van der Waals surface area contributed by atoms with Crippen LogP contribution < -0.4 is 10.1 Å². The molecule has 9 heteroatoms.